The van der Waals surface area contributed by atoms with E-state index in [2.05, 4.69) is 55.9 Å². The topological polar surface area (TPSA) is 18.5 Å². The molecule has 2 rings (SSSR count). The first kappa shape index (κ1) is 15.1. The van der Waals surface area contributed by atoms with Crippen LogP contribution < -0.4 is 4.74 Å². The molecule has 0 amide bonds. The van der Waals surface area contributed by atoms with Crippen LogP contribution in [-0.2, 0) is 4.43 Å². The quantitative estimate of drug-likeness (QED) is 0.679. The average Bonchev–Trinajstić information content (AvgIpc) is 2.28. The Hall–Kier alpha value is -0.323. The first-order valence-corrected chi connectivity index (χ1v) is 10.5. The first-order chi connectivity index (χ1) is 8.71. The van der Waals surface area contributed by atoms with E-state index in [1.807, 2.05) is 12.1 Å². The maximum atomic E-state index is 6.56. The molecular weight excluding hydrogens is 320 g/mol. The van der Waals surface area contributed by atoms with E-state index in [1.165, 1.54) is 5.56 Å². The number of fused-ring (bicyclic) bond motifs is 1. The standard InChI is InChI=1S/C15H23BrO2Si/c1-15(2,3)19(4,5)18-14-8-9-17-13-7-6-11(16)10-12(13)14/h6-7,10,14H,8-9H2,1-5H3/t14-/m1/s1. The van der Waals surface area contributed by atoms with Crippen LogP contribution in [0.2, 0.25) is 18.1 Å². The van der Waals surface area contributed by atoms with Gasteiger partial charge < -0.3 is 9.16 Å². The van der Waals surface area contributed by atoms with Crippen molar-refractivity contribution in [3.63, 3.8) is 0 Å². The summed E-state index contributed by atoms with van der Waals surface area (Å²) in [7, 11) is -1.75. The number of benzene rings is 1. The Labute approximate surface area is 125 Å². The van der Waals surface area contributed by atoms with Crippen LogP contribution in [0, 0.1) is 0 Å². The van der Waals surface area contributed by atoms with Crippen LogP contribution in [-0.4, -0.2) is 14.9 Å². The molecule has 4 heteroatoms. The molecule has 0 unspecified atom stereocenters. The van der Waals surface area contributed by atoms with E-state index in [1.54, 1.807) is 0 Å². The number of rotatable bonds is 2. The molecule has 0 aliphatic carbocycles. The van der Waals surface area contributed by atoms with E-state index in [9.17, 15) is 0 Å². The van der Waals surface area contributed by atoms with Gasteiger partial charge in [0.2, 0.25) is 0 Å². The minimum Gasteiger partial charge on any atom is -0.493 e. The molecule has 19 heavy (non-hydrogen) atoms. The van der Waals surface area contributed by atoms with E-state index >= 15 is 0 Å². The molecule has 0 radical (unpaired) electrons. The fourth-order valence-electron chi connectivity index (χ4n) is 1.99. The fraction of sp³-hybridized carbons (Fsp3) is 0.600. The lowest BCUT2D eigenvalue weighted by atomic mass is 10.0. The van der Waals surface area contributed by atoms with Crippen molar-refractivity contribution in [3.8, 4) is 5.75 Å². The summed E-state index contributed by atoms with van der Waals surface area (Å²) in [5.74, 6) is 0.971. The molecule has 0 fully saturated rings. The number of halogens is 1. The lowest BCUT2D eigenvalue weighted by Crippen LogP contribution is -2.42. The lowest BCUT2D eigenvalue weighted by molar-refractivity contribution is 0.122. The summed E-state index contributed by atoms with van der Waals surface area (Å²) in [5, 5.41) is 0.234. The van der Waals surface area contributed by atoms with Crippen molar-refractivity contribution in [2.75, 3.05) is 6.61 Å². The van der Waals surface area contributed by atoms with Gasteiger partial charge in [0.25, 0.3) is 0 Å². The largest absolute Gasteiger partial charge is 0.493 e. The van der Waals surface area contributed by atoms with Gasteiger partial charge in [0.15, 0.2) is 8.32 Å². The zero-order chi connectivity index (χ0) is 14.3. The predicted molar refractivity (Wildman–Crippen MR) is 85.3 cm³/mol. The maximum absolute atomic E-state index is 6.56. The highest BCUT2D eigenvalue weighted by Gasteiger charge is 2.40. The second kappa shape index (κ2) is 5.22. The first-order valence-electron chi connectivity index (χ1n) is 6.81. The maximum Gasteiger partial charge on any atom is 0.192 e. The minimum absolute atomic E-state index is 0.169. The summed E-state index contributed by atoms with van der Waals surface area (Å²) >= 11 is 3.54. The van der Waals surface area contributed by atoms with Crippen molar-refractivity contribution in [1.82, 2.24) is 0 Å². The molecule has 0 aromatic heterocycles. The van der Waals surface area contributed by atoms with Gasteiger partial charge in [0.05, 0.1) is 12.7 Å². The fourth-order valence-corrected chi connectivity index (χ4v) is 3.68. The van der Waals surface area contributed by atoms with Gasteiger partial charge in [-0.25, -0.2) is 0 Å². The molecule has 1 aliphatic rings. The Morgan fingerprint density at radius 1 is 1.32 bits per heavy atom. The summed E-state index contributed by atoms with van der Waals surface area (Å²) in [5.41, 5.74) is 1.19. The van der Waals surface area contributed by atoms with E-state index in [-0.39, 0.29) is 11.1 Å². The highest BCUT2D eigenvalue weighted by atomic mass is 79.9. The van der Waals surface area contributed by atoms with Crippen LogP contribution in [0.1, 0.15) is 38.9 Å². The third kappa shape index (κ3) is 3.23. The van der Waals surface area contributed by atoms with Crippen LogP contribution in [0.25, 0.3) is 0 Å². The summed E-state index contributed by atoms with van der Waals surface area (Å²) in [6.45, 7) is 12.2. The van der Waals surface area contributed by atoms with E-state index in [4.69, 9.17) is 9.16 Å². The Bertz CT molecular complexity index is 466. The molecule has 106 valence electrons. The van der Waals surface area contributed by atoms with Crippen molar-refractivity contribution >= 4 is 24.2 Å². The molecule has 2 nitrogen and oxygen atoms in total. The van der Waals surface area contributed by atoms with E-state index < -0.39 is 8.32 Å². The number of hydrogen-bond donors (Lipinski definition) is 0. The van der Waals surface area contributed by atoms with Gasteiger partial charge in [0, 0.05) is 16.5 Å². The van der Waals surface area contributed by atoms with Gasteiger partial charge in [-0.05, 0) is 36.3 Å². The Morgan fingerprint density at radius 2 is 2.00 bits per heavy atom. The zero-order valence-corrected chi connectivity index (χ0v) is 15.0. The summed E-state index contributed by atoms with van der Waals surface area (Å²) in [6, 6.07) is 6.18. The van der Waals surface area contributed by atoms with Crippen molar-refractivity contribution in [3.05, 3.63) is 28.2 Å². The lowest BCUT2D eigenvalue weighted by Gasteiger charge is -2.40. The normalized spacial score (nSPS) is 19.8. The highest BCUT2D eigenvalue weighted by Crippen LogP contribution is 2.43. The molecule has 0 saturated carbocycles. The monoisotopic (exact) mass is 342 g/mol. The van der Waals surface area contributed by atoms with Crippen molar-refractivity contribution in [1.29, 1.82) is 0 Å². The second-order valence-electron chi connectivity index (χ2n) is 6.69. The second-order valence-corrected chi connectivity index (χ2v) is 12.4. The molecular formula is C15H23BrO2Si. The van der Waals surface area contributed by atoms with Crippen molar-refractivity contribution in [2.45, 2.75) is 51.4 Å². The molecule has 0 saturated heterocycles. The van der Waals surface area contributed by atoms with Crippen molar-refractivity contribution in [2.24, 2.45) is 0 Å². The number of ether oxygens (including phenoxy) is 1. The number of hydrogen-bond acceptors (Lipinski definition) is 2. The molecule has 1 aliphatic heterocycles. The van der Waals surface area contributed by atoms with Crippen LogP contribution in [0.15, 0.2) is 22.7 Å². The SMILES string of the molecule is CC(C)(C)[Si](C)(C)O[C@@H]1CCOc2ccc(Br)cc21. The summed E-state index contributed by atoms with van der Waals surface area (Å²) in [6.07, 6.45) is 1.11. The average molecular weight is 343 g/mol. The van der Waals surface area contributed by atoms with Gasteiger partial charge >= 0.3 is 0 Å². The van der Waals surface area contributed by atoms with Crippen LogP contribution in [0.5, 0.6) is 5.75 Å². The molecule has 1 atom stereocenters. The summed E-state index contributed by atoms with van der Waals surface area (Å²) < 4.78 is 13.4. The Morgan fingerprint density at radius 3 is 2.63 bits per heavy atom. The Balaban J connectivity index is 2.27. The third-order valence-electron chi connectivity index (χ3n) is 4.20. The van der Waals surface area contributed by atoms with Gasteiger partial charge in [-0.2, -0.15) is 0 Å². The third-order valence-corrected chi connectivity index (χ3v) is 9.18. The van der Waals surface area contributed by atoms with Gasteiger partial charge in [-0.1, -0.05) is 36.7 Å². The minimum atomic E-state index is -1.75. The smallest absolute Gasteiger partial charge is 0.192 e. The predicted octanol–water partition coefficient (Wildman–Crippen LogP) is 5.29. The Kier molecular flexibility index (Phi) is 4.14. The van der Waals surface area contributed by atoms with Crippen LogP contribution >= 0.6 is 15.9 Å². The molecule has 0 N–H and O–H groups in total. The van der Waals surface area contributed by atoms with Crippen LogP contribution in [0.4, 0.5) is 0 Å². The van der Waals surface area contributed by atoms with Gasteiger partial charge in [-0.3, -0.25) is 0 Å². The highest BCUT2D eigenvalue weighted by molar-refractivity contribution is 9.10. The molecule has 0 bridgehead atoms. The molecule has 0 spiro atoms. The molecule has 1 aromatic carbocycles. The van der Waals surface area contributed by atoms with Gasteiger partial charge in [-0.15, -0.1) is 0 Å². The van der Waals surface area contributed by atoms with Crippen molar-refractivity contribution < 1.29 is 9.16 Å². The van der Waals surface area contributed by atoms with Crippen LogP contribution in [0.3, 0.4) is 0 Å². The van der Waals surface area contributed by atoms with E-state index in [0.29, 0.717) is 0 Å². The summed E-state index contributed by atoms with van der Waals surface area (Å²) in [4.78, 5) is 0. The molecule has 1 aromatic rings. The van der Waals surface area contributed by atoms with E-state index in [0.717, 1.165) is 23.2 Å². The molecule has 1 heterocycles. The van der Waals surface area contributed by atoms with Gasteiger partial charge in [0.1, 0.15) is 5.75 Å². The zero-order valence-electron chi connectivity index (χ0n) is 12.4.